The molecule has 0 aliphatic carbocycles. The summed E-state index contributed by atoms with van der Waals surface area (Å²) in [6.07, 6.45) is 4.08. The van der Waals surface area contributed by atoms with Gasteiger partial charge in [0.05, 0.1) is 5.01 Å². The fraction of sp³-hybridized carbons (Fsp3) is 0.400. The van der Waals surface area contributed by atoms with Gasteiger partial charge in [-0.25, -0.2) is 13.8 Å². The Balaban J connectivity index is 2.06. The van der Waals surface area contributed by atoms with Crippen molar-refractivity contribution >= 4 is 11.3 Å². The lowest BCUT2D eigenvalue weighted by Crippen LogP contribution is -2.34. The summed E-state index contributed by atoms with van der Waals surface area (Å²) in [5, 5.41) is 6.37. The number of hydrogen-bond donors (Lipinski definition) is 1. The third-order valence-corrected chi connectivity index (χ3v) is 3.87. The largest absolute Gasteiger partial charge is 0.313 e. The van der Waals surface area contributed by atoms with Crippen LogP contribution in [0.1, 0.15) is 23.9 Å². The van der Waals surface area contributed by atoms with E-state index in [0.29, 0.717) is 12.0 Å². The maximum atomic E-state index is 13.7. The molecule has 0 spiro atoms. The van der Waals surface area contributed by atoms with Crippen molar-refractivity contribution in [2.45, 2.75) is 32.2 Å². The smallest absolute Gasteiger partial charge is 0.129 e. The Morgan fingerprint density at radius 3 is 2.80 bits per heavy atom. The minimum absolute atomic E-state index is 0.112. The molecule has 1 heterocycles. The second kappa shape index (κ2) is 7.45. The summed E-state index contributed by atoms with van der Waals surface area (Å²) in [6, 6.07) is 3.88. The van der Waals surface area contributed by atoms with Crippen LogP contribution in [0.4, 0.5) is 8.78 Å². The first-order chi connectivity index (χ1) is 9.69. The van der Waals surface area contributed by atoms with E-state index < -0.39 is 11.6 Å². The molecule has 1 atom stereocenters. The minimum atomic E-state index is -0.538. The Hall–Kier alpha value is -1.33. The molecule has 2 nitrogen and oxygen atoms in total. The molecule has 108 valence electrons. The highest BCUT2D eigenvalue weighted by Gasteiger charge is 2.14. The Morgan fingerprint density at radius 1 is 1.30 bits per heavy atom. The first-order valence-corrected chi connectivity index (χ1v) is 7.62. The maximum Gasteiger partial charge on any atom is 0.129 e. The number of nitrogens with zero attached hydrogens (tertiary/aromatic N) is 1. The molecule has 0 saturated carbocycles. The Kier molecular flexibility index (Phi) is 5.61. The highest BCUT2D eigenvalue weighted by Crippen LogP contribution is 2.15. The van der Waals surface area contributed by atoms with Crippen molar-refractivity contribution in [2.24, 2.45) is 0 Å². The molecule has 0 amide bonds. The lowest BCUT2D eigenvalue weighted by Gasteiger charge is -2.18. The molecule has 0 bridgehead atoms. The van der Waals surface area contributed by atoms with Gasteiger partial charge in [-0.05, 0) is 31.0 Å². The van der Waals surface area contributed by atoms with Crippen molar-refractivity contribution in [1.29, 1.82) is 0 Å². The van der Waals surface area contributed by atoms with Gasteiger partial charge in [0.25, 0.3) is 0 Å². The van der Waals surface area contributed by atoms with Crippen LogP contribution < -0.4 is 5.32 Å². The predicted octanol–water partition coefficient (Wildman–Crippen LogP) is 3.57. The predicted molar refractivity (Wildman–Crippen MR) is 78.0 cm³/mol. The van der Waals surface area contributed by atoms with Gasteiger partial charge in [0, 0.05) is 30.1 Å². The fourth-order valence-corrected chi connectivity index (χ4v) is 2.78. The molecule has 1 N–H and O–H groups in total. The van der Waals surface area contributed by atoms with Crippen molar-refractivity contribution in [3.05, 3.63) is 52.0 Å². The SMILES string of the molecule is CCCNC(Cc1nccs1)Cc1ccc(F)cc1F. The van der Waals surface area contributed by atoms with Gasteiger partial charge in [-0.15, -0.1) is 11.3 Å². The van der Waals surface area contributed by atoms with Gasteiger partial charge in [-0.3, -0.25) is 0 Å². The summed E-state index contributed by atoms with van der Waals surface area (Å²) < 4.78 is 26.7. The van der Waals surface area contributed by atoms with E-state index in [9.17, 15) is 8.78 Å². The number of nitrogens with one attached hydrogen (secondary N) is 1. The average molecular weight is 296 g/mol. The Labute approximate surface area is 121 Å². The van der Waals surface area contributed by atoms with Crippen LogP contribution in [0, 0.1) is 11.6 Å². The van der Waals surface area contributed by atoms with Crippen LogP contribution in [0.5, 0.6) is 0 Å². The van der Waals surface area contributed by atoms with Crippen LogP contribution >= 0.6 is 11.3 Å². The summed E-state index contributed by atoms with van der Waals surface area (Å²) in [7, 11) is 0. The van der Waals surface area contributed by atoms with Gasteiger partial charge in [-0.1, -0.05) is 13.0 Å². The first-order valence-electron chi connectivity index (χ1n) is 6.74. The molecule has 0 fully saturated rings. The molecule has 2 rings (SSSR count). The number of rotatable bonds is 7. The molecular weight excluding hydrogens is 278 g/mol. The summed E-state index contributed by atoms with van der Waals surface area (Å²) in [6.45, 7) is 2.96. The van der Waals surface area contributed by atoms with Crippen LogP contribution in [-0.4, -0.2) is 17.6 Å². The second-order valence-corrected chi connectivity index (χ2v) is 5.70. The van der Waals surface area contributed by atoms with Crippen molar-refractivity contribution in [3.8, 4) is 0 Å². The van der Waals surface area contributed by atoms with Crippen LogP contribution in [0.3, 0.4) is 0 Å². The number of benzene rings is 1. The van der Waals surface area contributed by atoms with Crippen molar-refractivity contribution < 1.29 is 8.78 Å². The van der Waals surface area contributed by atoms with E-state index in [1.807, 2.05) is 5.38 Å². The van der Waals surface area contributed by atoms with Crippen LogP contribution in [0.25, 0.3) is 0 Å². The first kappa shape index (κ1) is 15.1. The van der Waals surface area contributed by atoms with Crippen molar-refractivity contribution in [1.82, 2.24) is 10.3 Å². The van der Waals surface area contributed by atoms with Gasteiger partial charge in [0.2, 0.25) is 0 Å². The zero-order valence-corrected chi connectivity index (χ0v) is 12.2. The third-order valence-electron chi connectivity index (χ3n) is 3.07. The molecule has 0 aliphatic rings. The molecule has 20 heavy (non-hydrogen) atoms. The molecule has 1 aromatic carbocycles. The summed E-state index contributed by atoms with van der Waals surface area (Å²) in [4.78, 5) is 4.27. The fourth-order valence-electron chi connectivity index (χ4n) is 2.08. The standard InChI is InChI=1S/C15H18F2N2S/c1-2-5-18-13(10-15-19-6-7-20-15)8-11-3-4-12(16)9-14(11)17/h3-4,6-7,9,13,18H,2,5,8,10H2,1H3. The summed E-state index contributed by atoms with van der Waals surface area (Å²) in [5.74, 6) is -1.02. The molecular formula is C15H18F2N2S. The second-order valence-electron chi connectivity index (χ2n) is 4.72. The number of halogens is 2. The zero-order chi connectivity index (χ0) is 14.4. The molecule has 2 aromatic rings. The van der Waals surface area contributed by atoms with Gasteiger partial charge in [0.1, 0.15) is 11.6 Å². The number of hydrogen-bond acceptors (Lipinski definition) is 3. The van der Waals surface area contributed by atoms with E-state index in [-0.39, 0.29) is 6.04 Å². The van der Waals surface area contributed by atoms with E-state index in [1.165, 1.54) is 12.1 Å². The van der Waals surface area contributed by atoms with E-state index in [0.717, 1.165) is 30.5 Å². The molecule has 1 aromatic heterocycles. The van der Waals surface area contributed by atoms with Crippen molar-refractivity contribution in [2.75, 3.05) is 6.54 Å². The van der Waals surface area contributed by atoms with Crippen LogP contribution in [-0.2, 0) is 12.8 Å². The van der Waals surface area contributed by atoms with E-state index in [2.05, 4.69) is 17.2 Å². The van der Waals surface area contributed by atoms with Gasteiger partial charge in [0.15, 0.2) is 0 Å². The quantitative estimate of drug-likeness (QED) is 0.845. The molecule has 1 unspecified atom stereocenters. The van der Waals surface area contributed by atoms with Gasteiger partial charge < -0.3 is 5.32 Å². The van der Waals surface area contributed by atoms with E-state index in [4.69, 9.17) is 0 Å². The van der Waals surface area contributed by atoms with Crippen LogP contribution in [0.15, 0.2) is 29.8 Å². The van der Waals surface area contributed by atoms with Gasteiger partial charge >= 0.3 is 0 Å². The topological polar surface area (TPSA) is 24.9 Å². The maximum absolute atomic E-state index is 13.7. The normalized spacial score (nSPS) is 12.6. The van der Waals surface area contributed by atoms with Gasteiger partial charge in [-0.2, -0.15) is 0 Å². The lowest BCUT2D eigenvalue weighted by atomic mass is 10.0. The third kappa shape index (κ3) is 4.35. The minimum Gasteiger partial charge on any atom is -0.313 e. The molecule has 5 heteroatoms. The molecule has 0 saturated heterocycles. The van der Waals surface area contributed by atoms with E-state index >= 15 is 0 Å². The highest BCUT2D eigenvalue weighted by molar-refractivity contribution is 7.09. The summed E-state index contributed by atoms with van der Waals surface area (Å²) >= 11 is 1.60. The highest BCUT2D eigenvalue weighted by atomic mass is 32.1. The monoisotopic (exact) mass is 296 g/mol. The Bertz CT molecular complexity index is 529. The zero-order valence-electron chi connectivity index (χ0n) is 11.4. The summed E-state index contributed by atoms with van der Waals surface area (Å²) in [5.41, 5.74) is 0.538. The van der Waals surface area contributed by atoms with E-state index in [1.54, 1.807) is 17.5 Å². The lowest BCUT2D eigenvalue weighted by molar-refractivity contribution is 0.489. The molecule has 0 radical (unpaired) electrons. The average Bonchev–Trinajstić information content (AvgIpc) is 2.92. The Morgan fingerprint density at radius 2 is 2.15 bits per heavy atom. The van der Waals surface area contributed by atoms with Crippen molar-refractivity contribution in [3.63, 3.8) is 0 Å². The number of aromatic nitrogens is 1. The molecule has 0 aliphatic heterocycles. The number of thiazole rings is 1. The van der Waals surface area contributed by atoms with Crippen LogP contribution in [0.2, 0.25) is 0 Å².